The summed E-state index contributed by atoms with van der Waals surface area (Å²) in [7, 11) is 0. The van der Waals surface area contributed by atoms with E-state index in [1.165, 1.54) is 0 Å². The average molecular weight is 468 g/mol. The molecule has 2 aromatic carbocycles. The fourth-order valence-corrected chi connectivity index (χ4v) is 2.89. The molecule has 0 saturated heterocycles. The van der Waals surface area contributed by atoms with E-state index in [0.29, 0.717) is 13.2 Å². The Balaban J connectivity index is 0.00000104. The van der Waals surface area contributed by atoms with E-state index >= 15 is 0 Å². The van der Waals surface area contributed by atoms with Gasteiger partial charge in [-0.05, 0) is 22.3 Å². The van der Waals surface area contributed by atoms with Crippen molar-refractivity contribution in [3.05, 3.63) is 59.7 Å². The van der Waals surface area contributed by atoms with Crippen LogP contribution in [0.2, 0.25) is 0 Å². The van der Waals surface area contributed by atoms with Gasteiger partial charge in [-0.2, -0.15) is 0 Å². The molecule has 4 rings (SSSR count). The summed E-state index contributed by atoms with van der Waals surface area (Å²) in [6.07, 6.45) is 5.19. The summed E-state index contributed by atoms with van der Waals surface area (Å²) in [5.74, 6) is 0. The summed E-state index contributed by atoms with van der Waals surface area (Å²) in [6.45, 7) is 1.08. The van der Waals surface area contributed by atoms with Gasteiger partial charge in [-0.3, -0.25) is 0 Å². The largest absolute Gasteiger partial charge is 0.673 e. The summed E-state index contributed by atoms with van der Waals surface area (Å²) in [5.41, 5.74) is 4.60. The zero-order valence-corrected chi connectivity index (χ0v) is 18.7. The average Bonchev–Trinajstić information content (AvgIpc) is 3.28. The van der Waals surface area contributed by atoms with Crippen LogP contribution >= 0.6 is 0 Å². The molecule has 2 unspecified atom stereocenters. The molecule has 6 heteroatoms. The summed E-state index contributed by atoms with van der Waals surface area (Å²) < 4.78 is 10.3. The van der Waals surface area contributed by atoms with Crippen LogP contribution < -0.4 is 0 Å². The standard InChI is InChI=1S/C18H14N2O2.2Y/c1-3-7-15(17-9-21-11-19-17)13(5-1)14-6-2-4-8-16(14)18-10-22-12-20-18;;/h1-8,17-18H,9-10H2;;/q-2;;. The quantitative estimate of drug-likeness (QED) is 0.650. The van der Waals surface area contributed by atoms with Gasteiger partial charge in [-0.1, -0.05) is 48.5 Å². The van der Waals surface area contributed by atoms with Crippen molar-refractivity contribution < 1.29 is 74.9 Å². The Morgan fingerprint density at radius 3 is 1.50 bits per heavy atom. The second-order valence-electron chi connectivity index (χ2n) is 5.27. The third kappa shape index (κ3) is 4.04. The van der Waals surface area contributed by atoms with Gasteiger partial charge in [0.15, 0.2) is 0 Å². The Kier molecular flexibility index (Phi) is 7.74. The number of benzene rings is 2. The van der Waals surface area contributed by atoms with Gasteiger partial charge in [-0.25, -0.2) is 12.8 Å². The van der Waals surface area contributed by atoms with Gasteiger partial charge in [0, 0.05) is 65.4 Å². The molecule has 2 radical (unpaired) electrons. The van der Waals surface area contributed by atoms with Gasteiger partial charge < -0.3 is 19.5 Å². The molecule has 116 valence electrons. The zero-order valence-electron chi connectivity index (χ0n) is 13.1. The molecule has 2 aliphatic heterocycles. The Hall–Kier alpha value is -0.412. The molecule has 2 heterocycles. The van der Waals surface area contributed by atoms with E-state index in [1.54, 1.807) is 0 Å². The molecule has 0 aliphatic carbocycles. The smallest absolute Gasteiger partial charge is 0.0720 e. The first-order chi connectivity index (χ1) is 10.9. The molecule has 0 aromatic heterocycles. The minimum absolute atomic E-state index is 0. The number of nitrogens with zero attached hydrogens (tertiary/aromatic N) is 2. The van der Waals surface area contributed by atoms with Crippen molar-refractivity contribution >= 4 is 12.8 Å². The number of ether oxygens (including phenoxy) is 2. The number of rotatable bonds is 3. The van der Waals surface area contributed by atoms with Crippen LogP contribution in [0.5, 0.6) is 0 Å². The van der Waals surface area contributed by atoms with Crippen LogP contribution in [0.4, 0.5) is 0 Å². The van der Waals surface area contributed by atoms with Crippen molar-refractivity contribution in [3.8, 4) is 11.1 Å². The van der Waals surface area contributed by atoms with E-state index in [0.717, 1.165) is 22.3 Å². The van der Waals surface area contributed by atoms with Crippen LogP contribution in [0.1, 0.15) is 23.2 Å². The summed E-state index contributed by atoms with van der Waals surface area (Å²) in [4.78, 5) is 8.57. The molecule has 0 amide bonds. The van der Waals surface area contributed by atoms with Crippen LogP contribution in [0.25, 0.3) is 11.1 Å². The maximum Gasteiger partial charge on any atom is 0.0720 e. The Bertz CT molecular complexity index is 686. The van der Waals surface area contributed by atoms with Gasteiger partial charge in [0.05, 0.1) is 25.3 Å². The number of aliphatic imine (C=N–C) groups is 2. The Morgan fingerprint density at radius 2 is 1.12 bits per heavy atom. The van der Waals surface area contributed by atoms with Crippen LogP contribution in [-0.4, -0.2) is 26.0 Å². The summed E-state index contributed by atoms with van der Waals surface area (Å²) in [5, 5.41) is 0. The minimum atomic E-state index is -0.000789. The SMILES string of the molecule is [C-]1=NC(c2ccccc2-c2ccccc2C2CO[C-]=N2)CO1.[Y].[Y]. The molecule has 0 spiro atoms. The predicted molar refractivity (Wildman–Crippen MR) is 84.1 cm³/mol. The molecule has 4 nitrogen and oxygen atoms in total. The van der Waals surface area contributed by atoms with Crippen molar-refractivity contribution in [2.45, 2.75) is 12.1 Å². The van der Waals surface area contributed by atoms with Gasteiger partial charge >= 0.3 is 0 Å². The van der Waals surface area contributed by atoms with Gasteiger partial charge in [0.1, 0.15) is 0 Å². The first-order valence-corrected chi connectivity index (χ1v) is 7.25. The monoisotopic (exact) mass is 468 g/mol. The molecule has 0 fully saturated rings. The topological polar surface area (TPSA) is 43.2 Å². The zero-order chi connectivity index (χ0) is 14.8. The fourth-order valence-electron chi connectivity index (χ4n) is 2.89. The van der Waals surface area contributed by atoms with E-state index in [1.807, 2.05) is 24.3 Å². The fraction of sp³-hybridized carbons (Fsp3) is 0.222. The maximum atomic E-state index is 5.17. The van der Waals surface area contributed by atoms with Gasteiger partial charge in [0.2, 0.25) is 0 Å². The van der Waals surface area contributed by atoms with Crippen molar-refractivity contribution in [2.24, 2.45) is 9.98 Å². The second-order valence-corrected chi connectivity index (χ2v) is 5.27. The van der Waals surface area contributed by atoms with Gasteiger partial charge in [-0.15, -0.1) is 0 Å². The van der Waals surface area contributed by atoms with Crippen LogP contribution in [-0.2, 0) is 74.9 Å². The van der Waals surface area contributed by atoms with E-state index in [4.69, 9.17) is 9.47 Å². The normalized spacial score (nSPS) is 20.7. The molecule has 24 heavy (non-hydrogen) atoms. The maximum absolute atomic E-state index is 5.17. The Labute approximate surface area is 191 Å². The van der Waals surface area contributed by atoms with Crippen LogP contribution in [0.15, 0.2) is 58.5 Å². The van der Waals surface area contributed by atoms with E-state index in [2.05, 4.69) is 47.1 Å². The summed E-state index contributed by atoms with van der Waals surface area (Å²) in [6, 6.07) is 16.6. The molecule has 0 saturated carbocycles. The third-order valence-electron chi connectivity index (χ3n) is 3.96. The van der Waals surface area contributed by atoms with Crippen molar-refractivity contribution in [3.63, 3.8) is 0 Å². The van der Waals surface area contributed by atoms with E-state index in [9.17, 15) is 0 Å². The second kappa shape index (κ2) is 9.33. The molecule has 2 aliphatic rings. The van der Waals surface area contributed by atoms with E-state index < -0.39 is 0 Å². The molecular formula is C18H14N2O2Y2-2. The van der Waals surface area contributed by atoms with Crippen molar-refractivity contribution in [2.75, 3.05) is 13.2 Å². The first kappa shape index (κ1) is 19.9. The van der Waals surface area contributed by atoms with Crippen molar-refractivity contribution in [1.82, 2.24) is 0 Å². The molecule has 2 atom stereocenters. The predicted octanol–water partition coefficient (Wildman–Crippen LogP) is 3.30. The van der Waals surface area contributed by atoms with Gasteiger partial charge in [0.25, 0.3) is 0 Å². The van der Waals surface area contributed by atoms with Crippen LogP contribution in [0, 0.1) is 0 Å². The molecular weight excluding hydrogens is 454 g/mol. The minimum Gasteiger partial charge on any atom is -0.673 e. The molecule has 0 bridgehead atoms. The first-order valence-electron chi connectivity index (χ1n) is 7.25. The molecule has 0 N–H and O–H groups in total. The van der Waals surface area contributed by atoms with E-state index in [-0.39, 0.29) is 77.5 Å². The van der Waals surface area contributed by atoms with Crippen molar-refractivity contribution in [1.29, 1.82) is 0 Å². The molecule has 2 aromatic rings. The number of hydrogen-bond acceptors (Lipinski definition) is 4. The van der Waals surface area contributed by atoms with Crippen LogP contribution in [0.3, 0.4) is 0 Å². The Morgan fingerprint density at radius 1 is 0.708 bits per heavy atom. The summed E-state index contributed by atoms with van der Waals surface area (Å²) >= 11 is 0. The number of hydrogen-bond donors (Lipinski definition) is 0. The third-order valence-corrected chi connectivity index (χ3v) is 3.96.